The van der Waals surface area contributed by atoms with Gasteiger partial charge in [-0.2, -0.15) is 0 Å². The third-order valence-electron chi connectivity index (χ3n) is 4.09. The van der Waals surface area contributed by atoms with Crippen LogP contribution in [0.5, 0.6) is 0 Å². The average Bonchev–Trinajstić information content (AvgIpc) is 2.54. The van der Waals surface area contributed by atoms with Gasteiger partial charge in [0.1, 0.15) is 6.04 Å². The second kappa shape index (κ2) is 8.10. The molecule has 26 heavy (non-hydrogen) atoms. The summed E-state index contributed by atoms with van der Waals surface area (Å²) in [6.07, 6.45) is 1.07. The number of anilines is 1. The molecular formula is C19H23ClN2O3S. The van der Waals surface area contributed by atoms with Crippen LogP contribution in [0, 0.1) is 6.92 Å². The van der Waals surface area contributed by atoms with E-state index in [0.717, 1.165) is 21.7 Å². The Morgan fingerprint density at radius 3 is 2.27 bits per heavy atom. The van der Waals surface area contributed by atoms with Gasteiger partial charge in [0.05, 0.1) is 18.0 Å². The molecule has 0 radical (unpaired) electrons. The highest BCUT2D eigenvalue weighted by atomic mass is 35.5. The van der Waals surface area contributed by atoms with Crippen molar-refractivity contribution < 1.29 is 13.2 Å². The smallest absolute Gasteiger partial charge is 0.244 e. The van der Waals surface area contributed by atoms with Crippen molar-refractivity contribution in [2.75, 3.05) is 10.6 Å². The van der Waals surface area contributed by atoms with Gasteiger partial charge in [-0.3, -0.25) is 9.10 Å². The number of nitrogens with zero attached hydrogens (tertiary/aromatic N) is 1. The van der Waals surface area contributed by atoms with Crippen molar-refractivity contribution in [3.8, 4) is 0 Å². The highest BCUT2D eigenvalue weighted by Crippen LogP contribution is 2.24. The third kappa shape index (κ3) is 4.99. The zero-order chi connectivity index (χ0) is 19.5. The van der Waals surface area contributed by atoms with Gasteiger partial charge in [0.2, 0.25) is 15.9 Å². The summed E-state index contributed by atoms with van der Waals surface area (Å²) in [4.78, 5) is 12.7. The van der Waals surface area contributed by atoms with Gasteiger partial charge in [-0.25, -0.2) is 8.42 Å². The largest absolute Gasteiger partial charge is 0.348 e. The molecule has 0 unspecified atom stereocenters. The number of hydrogen-bond donors (Lipinski definition) is 1. The van der Waals surface area contributed by atoms with Crippen LogP contribution in [0.1, 0.15) is 31.0 Å². The van der Waals surface area contributed by atoms with E-state index in [2.05, 4.69) is 5.32 Å². The van der Waals surface area contributed by atoms with E-state index in [9.17, 15) is 13.2 Å². The van der Waals surface area contributed by atoms with E-state index < -0.39 is 16.1 Å². The minimum Gasteiger partial charge on any atom is -0.348 e. The summed E-state index contributed by atoms with van der Waals surface area (Å²) >= 11 is 5.98. The quantitative estimate of drug-likeness (QED) is 0.812. The van der Waals surface area contributed by atoms with Gasteiger partial charge in [0.15, 0.2) is 0 Å². The fourth-order valence-electron chi connectivity index (χ4n) is 2.69. The minimum absolute atomic E-state index is 0.244. The molecule has 0 aromatic heterocycles. The normalized spacial score (nSPS) is 13.7. The van der Waals surface area contributed by atoms with Crippen LogP contribution in [0.15, 0.2) is 48.5 Å². The molecule has 2 aromatic carbocycles. The minimum atomic E-state index is -3.67. The van der Waals surface area contributed by atoms with Gasteiger partial charge in [0.25, 0.3) is 0 Å². The zero-order valence-corrected chi connectivity index (χ0v) is 16.8. The molecule has 2 rings (SSSR count). The van der Waals surface area contributed by atoms with E-state index in [-0.39, 0.29) is 11.9 Å². The average molecular weight is 395 g/mol. The summed E-state index contributed by atoms with van der Waals surface area (Å²) in [6, 6.07) is 13.1. The van der Waals surface area contributed by atoms with Gasteiger partial charge in [-0.05, 0) is 44.5 Å². The van der Waals surface area contributed by atoms with Crippen LogP contribution < -0.4 is 9.62 Å². The molecule has 0 spiro atoms. The van der Waals surface area contributed by atoms with Crippen molar-refractivity contribution in [2.45, 2.75) is 32.9 Å². The number of sulfonamides is 1. The molecule has 140 valence electrons. The molecule has 2 aromatic rings. The number of nitrogens with one attached hydrogen (secondary N) is 1. The van der Waals surface area contributed by atoms with Crippen molar-refractivity contribution >= 4 is 33.2 Å². The Morgan fingerprint density at radius 2 is 1.73 bits per heavy atom. The Labute approximate surface area is 160 Å². The molecule has 1 amide bonds. The first kappa shape index (κ1) is 20.3. The zero-order valence-electron chi connectivity index (χ0n) is 15.2. The Morgan fingerprint density at radius 1 is 1.12 bits per heavy atom. The van der Waals surface area contributed by atoms with Crippen LogP contribution in [0.2, 0.25) is 5.02 Å². The van der Waals surface area contributed by atoms with Gasteiger partial charge >= 0.3 is 0 Å². The van der Waals surface area contributed by atoms with E-state index in [1.54, 1.807) is 25.1 Å². The van der Waals surface area contributed by atoms with Crippen molar-refractivity contribution in [1.29, 1.82) is 0 Å². The monoisotopic (exact) mass is 394 g/mol. The maximum absolute atomic E-state index is 12.7. The summed E-state index contributed by atoms with van der Waals surface area (Å²) in [7, 11) is -3.67. The number of hydrogen-bond acceptors (Lipinski definition) is 3. The highest BCUT2D eigenvalue weighted by Gasteiger charge is 2.30. The highest BCUT2D eigenvalue weighted by molar-refractivity contribution is 7.92. The van der Waals surface area contributed by atoms with Crippen molar-refractivity contribution in [3.05, 3.63) is 64.7 Å². The van der Waals surface area contributed by atoms with Crippen LogP contribution in [-0.2, 0) is 14.8 Å². The molecular weight excluding hydrogens is 372 g/mol. The molecule has 0 aliphatic rings. The summed E-state index contributed by atoms with van der Waals surface area (Å²) in [6.45, 7) is 5.41. The van der Waals surface area contributed by atoms with Gasteiger partial charge in [-0.1, -0.05) is 47.5 Å². The van der Waals surface area contributed by atoms with Crippen LogP contribution >= 0.6 is 11.6 Å². The van der Waals surface area contributed by atoms with Gasteiger partial charge < -0.3 is 5.32 Å². The second-order valence-electron chi connectivity index (χ2n) is 6.36. The van der Waals surface area contributed by atoms with Crippen LogP contribution in [-0.4, -0.2) is 26.6 Å². The van der Waals surface area contributed by atoms with E-state index >= 15 is 0 Å². The molecule has 0 saturated carbocycles. The Hall–Kier alpha value is -2.05. The summed E-state index contributed by atoms with van der Waals surface area (Å²) in [5.74, 6) is -0.386. The number of rotatable bonds is 6. The number of aryl methyl sites for hydroxylation is 1. The van der Waals surface area contributed by atoms with E-state index in [1.165, 1.54) is 6.07 Å². The summed E-state index contributed by atoms with van der Waals surface area (Å²) in [5, 5.41) is 3.27. The van der Waals surface area contributed by atoms with Gasteiger partial charge in [-0.15, -0.1) is 0 Å². The number of benzene rings is 2. The number of carbonyl (C=O) groups excluding carboxylic acids is 1. The lowest BCUT2D eigenvalue weighted by atomic mass is 10.1. The van der Waals surface area contributed by atoms with Crippen molar-refractivity contribution in [2.24, 2.45) is 0 Å². The Bertz CT molecular complexity index is 882. The van der Waals surface area contributed by atoms with Crippen LogP contribution in [0.4, 0.5) is 5.69 Å². The van der Waals surface area contributed by atoms with E-state index in [0.29, 0.717) is 10.7 Å². The maximum atomic E-state index is 12.7. The number of halogens is 1. The SMILES string of the molecule is Cc1ccc([C@H](C)NC(=O)[C@@H](C)N(c2cccc(Cl)c2)S(C)(=O)=O)cc1. The molecule has 0 heterocycles. The molecule has 2 atom stereocenters. The van der Waals surface area contributed by atoms with E-state index in [1.807, 2.05) is 38.1 Å². The van der Waals surface area contributed by atoms with Gasteiger partial charge in [0, 0.05) is 5.02 Å². The van der Waals surface area contributed by atoms with E-state index in [4.69, 9.17) is 11.6 Å². The number of amides is 1. The van der Waals surface area contributed by atoms with Crippen LogP contribution in [0.25, 0.3) is 0 Å². The first-order chi connectivity index (χ1) is 12.1. The fraction of sp³-hybridized carbons (Fsp3) is 0.316. The molecule has 1 N–H and O–H groups in total. The molecule has 0 aliphatic carbocycles. The molecule has 7 heteroatoms. The first-order valence-electron chi connectivity index (χ1n) is 8.21. The lowest BCUT2D eigenvalue weighted by Gasteiger charge is -2.29. The Kier molecular flexibility index (Phi) is 6.31. The summed E-state index contributed by atoms with van der Waals surface area (Å²) in [5.41, 5.74) is 2.43. The molecule has 0 aliphatic heterocycles. The number of carbonyl (C=O) groups is 1. The predicted molar refractivity (Wildman–Crippen MR) is 106 cm³/mol. The Balaban J connectivity index is 2.23. The molecule has 5 nitrogen and oxygen atoms in total. The molecule has 0 fully saturated rings. The predicted octanol–water partition coefficient (Wildman–Crippen LogP) is 3.68. The molecule has 0 bridgehead atoms. The second-order valence-corrected chi connectivity index (χ2v) is 8.65. The standard InChI is InChI=1S/C19H23ClN2O3S/c1-13-8-10-16(11-9-13)14(2)21-19(23)15(3)22(26(4,24)25)18-7-5-6-17(20)12-18/h5-12,14-15H,1-4H3,(H,21,23)/t14-,15+/m0/s1. The third-order valence-corrected chi connectivity index (χ3v) is 5.56. The summed E-state index contributed by atoms with van der Waals surface area (Å²) < 4.78 is 25.6. The first-order valence-corrected chi connectivity index (χ1v) is 10.4. The lowest BCUT2D eigenvalue weighted by molar-refractivity contribution is -0.122. The molecule has 0 saturated heterocycles. The fourth-order valence-corrected chi connectivity index (χ4v) is 4.05. The van der Waals surface area contributed by atoms with Crippen molar-refractivity contribution in [1.82, 2.24) is 5.32 Å². The topological polar surface area (TPSA) is 66.5 Å². The van der Waals surface area contributed by atoms with Crippen molar-refractivity contribution in [3.63, 3.8) is 0 Å². The van der Waals surface area contributed by atoms with Crippen LogP contribution in [0.3, 0.4) is 0 Å². The maximum Gasteiger partial charge on any atom is 0.244 e. The lowest BCUT2D eigenvalue weighted by Crippen LogP contribution is -2.48.